The van der Waals surface area contributed by atoms with Gasteiger partial charge < -0.3 is 15.5 Å². The van der Waals surface area contributed by atoms with Crippen molar-refractivity contribution in [3.05, 3.63) is 59.2 Å². The van der Waals surface area contributed by atoms with Crippen molar-refractivity contribution >= 4 is 22.7 Å². The van der Waals surface area contributed by atoms with Crippen molar-refractivity contribution in [3.8, 4) is 0 Å². The van der Waals surface area contributed by atoms with E-state index in [0.717, 1.165) is 54.5 Å². The summed E-state index contributed by atoms with van der Waals surface area (Å²) in [6.07, 6.45) is -6.22. The van der Waals surface area contributed by atoms with Crippen LogP contribution in [0.1, 0.15) is 42.4 Å². The molecular formula is C26H29F6N5. The van der Waals surface area contributed by atoms with Crippen molar-refractivity contribution in [3.63, 3.8) is 0 Å². The Morgan fingerprint density at radius 1 is 0.865 bits per heavy atom. The number of anilines is 2. The first-order chi connectivity index (χ1) is 17.4. The summed E-state index contributed by atoms with van der Waals surface area (Å²) in [5.74, 6) is 1.67. The molecule has 0 radical (unpaired) electrons. The summed E-state index contributed by atoms with van der Waals surface area (Å²) in [5.41, 5.74) is -1.77. The van der Waals surface area contributed by atoms with E-state index in [2.05, 4.69) is 20.6 Å². The first-order valence-electron chi connectivity index (χ1n) is 12.1. The zero-order chi connectivity index (χ0) is 26.8. The third-order valence-electron chi connectivity index (χ3n) is 6.60. The van der Waals surface area contributed by atoms with Crippen LogP contribution >= 0.6 is 0 Å². The predicted octanol–water partition coefficient (Wildman–Crippen LogP) is 6.49. The number of para-hydroxylation sites is 1. The molecule has 0 amide bonds. The van der Waals surface area contributed by atoms with Crippen LogP contribution in [-0.2, 0) is 18.9 Å². The van der Waals surface area contributed by atoms with Crippen LogP contribution in [0.2, 0.25) is 0 Å². The highest BCUT2D eigenvalue weighted by atomic mass is 19.4. The van der Waals surface area contributed by atoms with E-state index >= 15 is 0 Å². The van der Waals surface area contributed by atoms with Gasteiger partial charge >= 0.3 is 12.4 Å². The number of fused-ring (bicyclic) bond motifs is 1. The summed E-state index contributed by atoms with van der Waals surface area (Å²) in [6.45, 7) is 0.449. The van der Waals surface area contributed by atoms with E-state index in [1.54, 1.807) is 0 Å². The summed E-state index contributed by atoms with van der Waals surface area (Å²) < 4.78 is 78.5. The second kappa shape index (κ2) is 10.7. The number of nitrogens with one attached hydrogen (secondary N) is 2. The summed E-state index contributed by atoms with van der Waals surface area (Å²) in [6, 6.07) is 9.69. The summed E-state index contributed by atoms with van der Waals surface area (Å²) in [7, 11) is 3.86. The normalized spacial score (nSPS) is 18.7. The summed E-state index contributed by atoms with van der Waals surface area (Å²) in [5, 5.41) is 7.45. The SMILES string of the molecule is CN(C)c1nc(NC2CCC(CNCc3cc(C(F)(F)F)cc(C(F)(F)F)c3)CC2)nc2ccccc12. The minimum Gasteiger partial charge on any atom is -0.362 e. The second-order valence-corrected chi connectivity index (χ2v) is 9.69. The molecule has 0 bridgehead atoms. The molecule has 1 aromatic heterocycles. The number of hydrogen-bond donors (Lipinski definition) is 2. The molecule has 2 N–H and O–H groups in total. The smallest absolute Gasteiger partial charge is 0.362 e. The van der Waals surface area contributed by atoms with Crippen LogP contribution in [0.15, 0.2) is 42.5 Å². The van der Waals surface area contributed by atoms with Crippen molar-refractivity contribution < 1.29 is 26.3 Å². The van der Waals surface area contributed by atoms with Gasteiger partial charge in [-0.1, -0.05) is 12.1 Å². The van der Waals surface area contributed by atoms with Crippen LogP contribution in [0.5, 0.6) is 0 Å². The van der Waals surface area contributed by atoms with Crippen LogP contribution in [-0.4, -0.2) is 36.6 Å². The van der Waals surface area contributed by atoms with Crippen LogP contribution in [0, 0.1) is 5.92 Å². The average molecular weight is 526 g/mol. The summed E-state index contributed by atoms with van der Waals surface area (Å²) in [4.78, 5) is 11.3. The number of rotatable bonds is 7. The van der Waals surface area contributed by atoms with Gasteiger partial charge in [0, 0.05) is 32.1 Å². The van der Waals surface area contributed by atoms with E-state index < -0.39 is 23.5 Å². The van der Waals surface area contributed by atoms with Gasteiger partial charge in [-0.2, -0.15) is 31.3 Å². The van der Waals surface area contributed by atoms with Gasteiger partial charge in [-0.15, -0.1) is 0 Å². The molecule has 0 atom stereocenters. The zero-order valence-corrected chi connectivity index (χ0v) is 20.5. The van der Waals surface area contributed by atoms with E-state index in [1.165, 1.54) is 0 Å². The third kappa shape index (κ3) is 6.82. The minimum atomic E-state index is -4.84. The number of nitrogens with zero attached hydrogens (tertiary/aromatic N) is 3. The van der Waals surface area contributed by atoms with Crippen LogP contribution in [0.3, 0.4) is 0 Å². The Morgan fingerprint density at radius 2 is 1.49 bits per heavy atom. The molecule has 1 fully saturated rings. The maximum atomic E-state index is 13.1. The standard InChI is InChI=1S/C26H29F6N5/c1-37(2)23-21-5-3-4-6-22(21)35-24(36-23)34-20-9-7-16(8-10-20)14-33-15-17-11-18(25(27,28)29)13-19(12-17)26(30,31)32/h3-6,11-13,16,20,33H,7-10,14-15H2,1-2H3,(H,34,35,36). The molecule has 3 aromatic rings. The van der Waals surface area contributed by atoms with Crippen molar-refractivity contribution in [2.75, 3.05) is 30.9 Å². The van der Waals surface area contributed by atoms with Gasteiger partial charge in [0.1, 0.15) is 5.82 Å². The van der Waals surface area contributed by atoms with E-state index in [9.17, 15) is 26.3 Å². The lowest BCUT2D eigenvalue weighted by atomic mass is 9.86. The molecule has 4 rings (SSSR count). The van der Waals surface area contributed by atoms with Crippen LogP contribution in [0.25, 0.3) is 10.9 Å². The maximum Gasteiger partial charge on any atom is 0.416 e. The fraction of sp³-hybridized carbons (Fsp3) is 0.462. The number of aromatic nitrogens is 2. The molecule has 0 spiro atoms. The fourth-order valence-corrected chi connectivity index (χ4v) is 4.70. The molecule has 37 heavy (non-hydrogen) atoms. The predicted molar refractivity (Wildman–Crippen MR) is 131 cm³/mol. The lowest BCUT2D eigenvalue weighted by Gasteiger charge is -2.29. The number of hydrogen-bond acceptors (Lipinski definition) is 5. The topological polar surface area (TPSA) is 53.1 Å². The molecule has 200 valence electrons. The van der Waals surface area contributed by atoms with Gasteiger partial charge in [-0.05, 0) is 74.0 Å². The highest BCUT2D eigenvalue weighted by Crippen LogP contribution is 2.36. The van der Waals surface area contributed by atoms with Gasteiger partial charge in [0.2, 0.25) is 5.95 Å². The number of benzene rings is 2. The van der Waals surface area contributed by atoms with Crippen LogP contribution in [0.4, 0.5) is 38.1 Å². The average Bonchev–Trinajstić information content (AvgIpc) is 2.83. The molecule has 2 aromatic carbocycles. The highest BCUT2D eigenvalue weighted by Gasteiger charge is 2.36. The largest absolute Gasteiger partial charge is 0.416 e. The van der Waals surface area contributed by atoms with Crippen molar-refractivity contribution in [1.29, 1.82) is 0 Å². The molecule has 1 aliphatic carbocycles. The van der Waals surface area contributed by atoms with E-state index in [1.807, 2.05) is 43.3 Å². The molecule has 0 aliphatic heterocycles. The molecule has 11 heteroatoms. The Hall–Kier alpha value is -3.08. The molecule has 1 aliphatic rings. The van der Waals surface area contributed by atoms with E-state index in [4.69, 9.17) is 0 Å². The fourth-order valence-electron chi connectivity index (χ4n) is 4.70. The van der Waals surface area contributed by atoms with Crippen molar-refractivity contribution in [1.82, 2.24) is 15.3 Å². The first-order valence-corrected chi connectivity index (χ1v) is 12.1. The third-order valence-corrected chi connectivity index (χ3v) is 6.60. The minimum absolute atomic E-state index is 0.0392. The Labute approximate surface area is 211 Å². The lowest BCUT2D eigenvalue weighted by molar-refractivity contribution is -0.143. The molecule has 0 saturated heterocycles. The molecule has 5 nitrogen and oxygen atoms in total. The first kappa shape index (κ1) is 27.0. The van der Waals surface area contributed by atoms with Crippen LogP contribution < -0.4 is 15.5 Å². The van der Waals surface area contributed by atoms with Gasteiger partial charge in [0.25, 0.3) is 0 Å². The van der Waals surface area contributed by atoms with E-state index in [-0.39, 0.29) is 30.1 Å². The zero-order valence-electron chi connectivity index (χ0n) is 20.5. The number of halogens is 6. The molecule has 1 heterocycles. The molecule has 1 saturated carbocycles. The molecule has 0 unspecified atom stereocenters. The second-order valence-electron chi connectivity index (χ2n) is 9.69. The highest BCUT2D eigenvalue weighted by molar-refractivity contribution is 5.90. The van der Waals surface area contributed by atoms with Gasteiger partial charge in [0.05, 0.1) is 16.6 Å². The Balaban J connectivity index is 1.32. The lowest BCUT2D eigenvalue weighted by Crippen LogP contribution is -2.31. The quantitative estimate of drug-likeness (QED) is 0.345. The monoisotopic (exact) mass is 525 g/mol. The number of alkyl halides is 6. The van der Waals surface area contributed by atoms with Crippen molar-refractivity contribution in [2.24, 2.45) is 5.92 Å². The maximum absolute atomic E-state index is 13.1. The van der Waals surface area contributed by atoms with Gasteiger partial charge in [-0.25, -0.2) is 4.98 Å². The molecular weight excluding hydrogens is 496 g/mol. The van der Waals surface area contributed by atoms with Gasteiger partial charge in [0.15, 0.2) is 0 Å². The van der Waals surface area contributed by atoms with E-state index in [0.29, 0.717) is 12.5 Å². The Kier molecular flexibility index (Phi) is 7.82. The summed E-state index contributed by atoms with van der Waals surface area (Å²) >= 11 is 0. The Morgan fingerprint density at radius 3 is 2.08 bits per heavy atom. The van der Waals surface area contributed by atoms with Gasteiger partial charge in [-0.3, -0.25) is 0 Å². The Bertz CT molecular complexity index is 1180. The van der Waals surface area contributed by atoms with Crippen molar-refractivity contribution in [2.45, 2.75) is 50.6 Å².